The van der Waals surface area contributed by atoms with E-state index in [0.29, 0.717) is 5.92 Å². The van der Waals surface area contributed by atoms with Gasteiger partial charge < -0.3 is 0 Å². The molecule has 4 aromatic rings. The summed E-state index contributed by atoms with van der Waals surface area (Å²) in [5.74, 6) is 5.77. The molecule has 0 aliphatic heterocycles. The summed E-state index contributed by atoms with van der Waals surface area (Å²) in [7, 11) is 0. The zero-order chi connectivity index (χ0) is 31.6. The minimum Gasteiger partial charge on any atom is -0.179 e. The van der Waals surface area contributed by atoms with Crippen LogP contribution >= 0.6 is 24.8 Å². The third kappa shape index (κ3) is 10.6. The van der Waals surface area contributed by atoms with Gasteiger partial charge in [0.25, 0.3) is 0 Å². The van der Waals surface area contributed by atoms with Crippen molar-refractivity contribution in [2.45, 2.75) is 59.3 Å². The van der Waals surface area contributed by atoms with E-state index in [1.165, 1.54) is 83.3 Å². The van der Waals surface area contributed by atoms with Crippen LogP contribution in [0.1, 0.15) is 61.3 Å². The third-order valence-corrected chi connectivity index (χ3v) is 9.95. The maximum absolute atomic E-state index is 3.46. The molecule has 0 radical (unpaired) electrons. The standard InChI is InChI=1S/C16H21.C13H9.2C7H7.CH2.2ClH.Zr/c1-10-2-3-13(4-10)16-14-6-11-5-12(8-14)9-15(16)7-11;1-3-7-12-10(5-1)9-11-6-2-4-8-13(11)12;2*1-7-5-3-2-4-6-7;;;;/h3-4,10-12,14-16H,5-9H2,1H3;1-5,7-8H,9H2;2*3-6H,1H3;1H2;2*1H;/q4*-1;;;;. The van der Waals surface area contributed by atoms with E-state index in [0.717, 1.165) is 36.0 Å². The van der Waals surface area contributed by atoms with Crippen LogP contribution < -0.4 is 0 Å². The van der Waals surface area contributed by atoms with Crippen molar-refractivity contribution >= 4 is 29.0 Å². The van der Waals surface area contributed by atoms with Gasteiger partial charge in [0.05, 0.1) is 0 Å². The van der Waals surface area contributed by atoms with Crippen LogP contribution in [0.15, 0.2) is 109 Å². The van der Waals surface area contributed by atoms with Crippen LogP contribution in [0.4, 0.5) is 0 Å². The fraction of sp³-hybridized carbons (Fsp3) is 0.341. The fourth-order valence-electron chi connectivity index (χ4n) is 8.23. The Bertz CT molecular complexity index is 1450. The molecule has 0 amide bonds. The Morgan fingerprint density at radius 3 is 1.68 bits per heavy atom. The number of rotatable bonds is 1. The van der Waals surface area contributed by atoms with Crippen LogP contribution in [0.3, 0.4) is 0 Å². The number of allylic oxidation sites excluding steroid dienone is 4. The van der Waals surface area contributed by atoms with Crippen molar-refractivity contribution in [3.05, 3.63) is 155 Å². The molecule has 0 N–H and O–H groups in total. The van der Waals surface area contributed by atoms with E-state index in [1.807, 2.05) is 54.6 Å². The first-order valence-electron chi connectivity index (χ1n) is 16.6. The molecule has 6 aliphatic carbocycles. The SMILES string of the molecule is CC1[C-]=CC(C2C3CC4CC(C3)CC2C4)=C1.Cc1cc[c-]cc1.Cc1cc[c-]cc1.Cl.Cl.[CH2]=[Zr].[c-]1cccc2c1Cc1ccccc1-2. The summed E-state index contributed by atoms with van der Waals surface area (Å²) in [6.07, 6.45) is 17.0. The van der Waals surface area contributed by atoms with Crippen LogP contribution in [0.2, 0.25) is 0 Å². The van der Waals surface area contributed by atoms with Crippen molar-refractivity contribution in [2.24, 2.45) is 35.5 Å². The summed E-state index contributed by atoms with van der Waals surface area (Å²) in [6, 6.07) is 39.7. The number of halogens is 2. The van der Waals surface area contributed by atoms with Crippen LogP contribution in [0, 0.1) is 73.6 Å². The minimum absolute atomic E-state index is 0. The first kappa shape index (κ1) is 39.1. The van der Waals surface area contributed by atoms with Gasteiger partial charge in [-0.25, -0.2) is 6.08 Å². The molecule has 0 heterocycles. The maximum atomic E-state index is 3.46. The van der Waals surface area contributed by atoms with E-state index in [2.05, 4.69) is 97.8 Å². The predicted molar refractivity (Wildman–Crippen MR) is 201 cm³/mol. The molecule has 1 atom stereocenters. The van der Waals surface area contributed by atoms with Crippen molar-refractivity contribution in [3.63, 3.8) is 0 Å². The minimum atomic E-state index is 0. The van der Waals surface area contributed by atoms with E-state index >= 15 is 0 Å². The number of aryl methyl sites for hydroxylation is 2. The van der Waals surface area contributed by atoms with Gasteiger partial charge in [-0.15, -0.1) is 30.4 Å². The van der Waals surface area contributed by atoms with Gasteiger partial charge in [-0.3, -0.25) is 6.08 Å². The number of hydrogen-bond donors (Lipinski definition) is 0. The van der Waals surface area contributed by atoms with E-state index in [-0.39, 0.29) is 24.8 Å². The average molecular weight is 739 g/mol. The fourth-order valence-corrected chi connectivity index (χ4v) is 8.23. The van der Waals surface area contributed by atoms with E-state index in [9.17, 15) is 0 Å². The zero-order valence-electron chi connectivity index (χ0n) is 28.0. The number of fused-ring (bicyclic) bond motifs is 3. The molecule has 47 heavy (non-hydrogen) atoms. The van der Waals surface area contributed by atoms with Gasteiger partial charge in [0.15, 0.2) is 0 Å². The molecule has 0 saturated heterocycles. The van der Waals surface area contributed by atoms with Gasteiger partial charge in [0.1, 0.15) is 0 Å². The number of benzene rings is 4. The van der Waals surface area contributed by atoms with Crippen molar-refractivity contribution in [3.8, 4) is 11.1 Å². The molecule has 0 spiro atoms. The molecule has 4 saturated carbocycles. The van der Waals surface area contributed by atoms with Gasteiger partial charge in [-0.2, -0.15) is 113 Å². The second kappa shape index (κ2) is 19.6. The summed E-state index contributed by atoms with van der Waals surface area (Å²) in [4.78, 5) is 0. The predicted octanol–water partition coefficient (Wildman–Crippen LogP) is 11.5. The van der Waals surface area contributed by atoms with Crippen LogP contribution in [0.25, 0.3) is 11.1 Å². The van der Waals surface area contributed by atoms with E-state index < -0.39 is 0 Å². The Balaban J connectivity index is 0.000000175. The van der Waals surface area contributed by atoms with Crippen LogP contribution in [-0.4, -0.2) is 4.21 Å². The van der Waals surface area contributed by atoms with E-state index in [4.69, 9.17) is 0 Å². The maximum Gasteiger partial charge on any atom is -0.0253 e. The Hall–Kier alpha value is -2.31. The summed E-state index contributed by atoms with van der Waals surface area (Å²) in [5, 5.41) is 0. The molecule has 246 valence electrons. The third-order valence-electron chi connectivity index (χ3n) is 9.95. The molecule has 0 aromatic heterocycles. The monoisotopic (exact) mass is 736 g/mol. The molecule has 1 unspecified atom stereocenters. The molecule has 4 aromatic carbocycles. The molecule has 3 heteroatoms. The smallest absolute Gasteiger partial charge is 0.0253 e. The molecular weight excluding hydrogens is 691 g/mol. The molecule has 4 bridgehead atoms. The first-order valence-corrected chi connectivity index (χ1v) is 18.4. The second-order valence-corrected chi connectivity index (χ2v) is 13.3. The Morgan fingerprint density at radius 2 is 1.19 bits per heavy atom. The Labute approximate surface area is 312 Å². The number of hydrogen-bond acceptors (Lipinski definition) is 0. The average Bonchev–Trinajstić information content (AvgIpc) is 3.67. The van der Waals surface area contributed by atoms with Crippen molar-refractivity contribution in [1.82, 2.24) is 0 Å². The van der Waals surface area contributed by atoms with Gasteiger partial charge >= 0.3 is 28.4 Å². The Kier molecular flexibility index (Phi) is 16.3. The zero-order valence-corrected chi connectivity index (χ0v) is 32.1. The molecular formula is C44H48Cl2Zr-4. The largest absolute Gasteiger partial charge is 0.179 e. The van der Waals surface area contributed by atoms with Crippen molar-refractivity contribution < 1.29 is 24.2 Å². The molecule has 6 aliphatic rings. The molecule has 0 nitrogen and oxygen atoms in total. The van der Waals surface area contributed by atoms with E-state index in [1.54, 1.807) is 12.0 Å². The second-order valence-electron chi connectivity index (χ2n) is 13.3. The molecule has 10 rings (SSSR count). The van der Waals surface area contributed by atoms with Crippen molar-refractivity contribution in [1.29, 1.82) is 0 Å². The Morgan fingerprint density at radius 1 is 0.660 bits per heavy atom. The molecule has 4 fully saturated rings. The topological polar surface area (TPSA) is 0 Å². The van der Waals surface area contributed by atoms with Gasteiger partial charge in [0.2, 0.25) is 0 Å². The van der Waals surface area contributed by atoms with Gasteiger partial charge in [-0.1, -0.05) is 68.0 Å². The summed E-state index contributed by atoms with van der Waals surface area (Å²) in [6.45, 7) is 6.39. The summed E-state index contributed by atoms with van der Waals surface area (Å²) < 4.78 is 3.34. The quantitative estimate of drug-likeness (QED) is 0.150. The van der Waals surface area contributed by atoms with Crippen molar-refractivity contribution in [2.75, 3.05) is 0 Å². The summed E-state index contributed by atoms with van der Waals surface area (Å²) in [5.41, 5.74) is 9.75. The van der Waals surface area contributed by atoms with Gasteiger partial charge in [0, 0.05) is 0 Å². The first-order chi connectivity index (χ1) is 22.0. The van der Waals surface area contributed by atoms with Gasteiger partial charge in [-0.05, 0) is 62.2 Å². The van der Waals surface area contributed by atoms with Crippen LogP contribution in [-0.2, 0) is 30.7 Å². The van der Waals surface area contributed by atoms with Crippen LogP contribution in [0.5, 0.6) is 0 Å². The normalized spacial score (nSPS) is 24.3. The summed E-state index contributed by atoms with van der Waals surface area (Å²) >= 11 is 1.30.